The lowest BCUT2D eigenvalue weighted by atomic mass is 9.96. The van der Waals surface area contributed by atoms with E-state index in [0.29, 0.717) is 0 Å². The fourth-order valence-electron chi connectivity index (χ4n) is 6.53. The van der Waals surface area contributed by atoms with Gasteiger partial charge >= 0.3 is 0 Å². The quantitative estimate of drug-likeness (QED) is 0.0570. The molecule has 0 aliphatic carbocycles. The maximum Gasteiger partial charge on any atom is 0.187 e. The third-order valence-electron chi connectivity index (χ3n) is 9.86. The van der Waals surface area contributed by atoms with Crippen LogP contribution < -0.4 is 0 Å². The summed E-state index contributed by atoms with van der Waals surface area (Å²) in [5.74, 6) is 0. The first-order valence-corrected chi connectivity index (χ1v) is 17.9. The summed E-state index contributed by atoms with van der Waals surface area (Å²) in [6.45, 7) is -3.44. The van der Waals surface area contributed by atoms with Crippen LogP contribution in [0.2, 0.25) is 0 Å². The van der Waals surface area contributed by atoms with Gasteiger partial charge in [-0.3, -0.25) is 0 Å². The molecule has 0 aromatic rings. The Kier molecular flexibility index (Phi) is 18.3. The summed E-state index contributed by atoms with van der Waals surface area (Å²) >= 11 is 0. The van der Waals surface area contributed by atoms with Crippen LogP contribution in [0.25, 0.3) is 0 Å². The van der Waals surface area contributed by atoms with Gasteiger partial charge in [-0.05, 0) is 6.92 Å². The van der Waals surface area contributed by atoms with E-state index < -0.39 is 181 Å². The highest BCUT2D eigenvalue weighted by molar-refractivity contribution is 4.97. The first-order valence-electron chi connectivity index (χ1n) is 17.9. The molecule has 0 spiro atoms. The number of aliphatic hydroxyl groups is 16. The third kappa shape index (κ3) is 10.8. The van der Waals surface area contributed by atoms with Gasteiger partial charge < -0.3 is 124 Å². The van der Waals surface area contributed by atoms with Gasteiger partial charge in [0.15, 0.2) is 25.2 Å². The van der Waals surface area contributed by atoms with Crippen molar-refractivity contribution in [1.29, 1.82) is 0 Å². The van der Waals surface area contributed by atoms with Crippen molar-refractivity contribution in [2.75, 3.05) is 46.2 Å². The number of ether oxygens (including phenoxy) is 9. The van der Waals surface area contributed by atoms with Gasteiger partial charge in [-0.2, -0.15) is 0 Å². The predicted octanol–water partition coefficient (Wildman–Crippen LogP) is -10.6. The molecule has 9 unspecified atom stereocenters. The highest BCUT2D eigenvalue weighted by Crippen LogP contribution is 2.33. The third-order valence-corrected chi connectivity index (χ3v) is 9.86. The van der Waals surface area contributed by atoms with Crippen LogP contribution in [0.1, 0.15) is 6.92 Å². The van der Waals surface area contributed by atoms with Gasteiger partial charge in [0.1, 0.15) is 110 Å². The van der Waals surface area contributed by atoms with E-state index in [-0.39, 0.29) is 6.61 Å². The Morgan fingerprint density at radius 1 is 0.554 bits per heavy atom. The first-order chi connectivity index (χ1) is 26.5. The zero-order chi connectivity index (χ0) is 41.6. The number of hydrogen-bond acceptors (Lipinski definition) is 25. The minimum Gasteiger partial charge on any atom is -0.394 e. The Morgan fingerprint density at radius 3 is 1.62 bits per heavy atom. The van der Waals surface area contributed by atoms with Crippen molar-refractivity contribution in [2.24, 2.45) is 0 Å². The predicted molar refractivity (Wildman–Crippen MR) is 172 cm³/mol. The summed E-state index contributed by atoms with van der Waals surface area (Å²) in [7, 11) is 0. The topological polar surface area (TPSA) is 407 Å². The molecule has 0 aromatic heterocycles. The monoisotopic (exact) mass is 828 g/mol. The van der Waals surface area contributed by atoms with E-state index in [1.165, 1.54) is 0 Å². The van der Waals surface area contributed by atoms with Crippen LogP contribution in [0.3, 0.4) is 0 Å². The van der Waals surface area contributed by atoms with Crippen LogP contribution in [-0.2, 0) is 42.6 Å². The largest absolute Gasteiger partial charge is 0.394 e. The molecule has 23 atom stereocenters. The zero-order valence-corrected chi connectivity index (χ0v) is 30.1. The smallest absolute Gasteiger partial charge is 0.187 e. The Morgan fingerprint density at radius 2 is 1.05 bits per heavy atom. The van der Waals surface area contributed by atoms with Crippen LogP contribution >= 0.6 is 0 Å². The fraction of sp³-hybridized carbons (Fsp3) is 1.00. The van der Waals surface area contributed by atoms with Crippen molar-refractivity contribution in [3.05, 3.63) is 0 Å². The fourth-order valence-corrected chi connectivity index (χ4v) is 6.53. The van der Waals surface area contributed by atoms with Gasteiger partial charge in [0.2, 0.25) is 0 Å². The molecule has 4 fully saturated rings. The molecular formula is C31H56O25. The lowest BCUT2D eigenvalue weighted by Crippen LogP contribution is -2.66. The minimum absolute atomic E-state index is 0.337. The van der Waals surface area contributed by atoms with E-state index in [2.05, 4.69) is 0 Å². The summed E-state index contributed by atoms with van der Waals surface area (Å²) in [4.78, 5) is 0. The number of rotatable bonds is 18. The average molecular weight is 829 g/mol. The molecule has 4 aliphatic rings. The molecule has 25 heteroatoms. The Labute approximate surface area is 318 Å². The molecule has 0 aromatic carbocycles. The summed E-state index contributed by atoms with van der Waals surface area (Å²) in [6, 6.07) is 0. The highest BCUT2D eigenvalue weighted by atomic mass is 16.8. The molecule has 16 N–H and O–H groups in total. The normalized spacial score (nSPS) is 45.9. The maximum absolute atomic E-state index is 11.0. The molecule has 330 valence electrons. The van der Waals surface area contributed by atoms with Crippen molar-refractivity contribution >= 4 is 0 Å². The molecule has 0 radical (unpaired) electrons. The molecule has 56 heavy (non-hydrogen) atoms. The lowest BCUT2D eigenvalue weighted by Gasteiger charge is -2.47. The molecule has 0 amide bonds. The van der Waals surface area contributed by atoms with E-state index in [1.54, 1.807) is 0 Å². The van der Waals surface area contributed by atoms with Crippen LogP contribution in [0, 0.1) is 0 Å². The van der Waals surface area contributed by atoms with Crippen molar-refractivity contribution in [3.63, 3.8) is 0 Å². The summed E-state index contributed by atoms with van der Waals surface area (Å²) in [5.41, 5.74) is 0. The molecule has 0 bridgehead atoms. The molecule has 25 nitrogen and oxygen atoms in total. The van der Waals surface area contributed by atoms with Crippen LogP contribution in [0.5, 0.6) is 0 Å². The average Bonchev–Trinajstić information content (AvgIpc) is 3.18. The molecular weight excluding hydrogens is 772 g/mol. The second-order valence-electron chi connectivity index (χ2n) is 13.9. The Hall–Kier alpha value is -1.00. The van der Waals surface area contributed by atoms with Gasteiger partial charge in [0.25, 0.3) is 0 Å². The number of aliphatic hydroxyl groups excluding tert-OH is 16. The maximum atomic E-state index is 11.0. The first kappa shape index (κ1) is 47.7. The van der Waals surface area contributed by atoms with Gasteiger partial charge in [0.05, 0.1) is 52.4 Å². The second-order valence-corrected chi connectivity index (χ2v) is 13.9. The van der Waals surface area contributed by atoms with E-state index in [1.807, 2.05) is 0 Å². The van der Waals surface area contributed by atoms with Gasteiger partial charge in [0, 0.05) is 0 Å². The lowest BCUT2D eigenvalue weighted by molar-refractivity contribution is -0.376. The van der Waals surface area contributed by atoms with Crippen molar-refractivity contribution in [3.8, 4) is 0 Å². The van der Waals surface area contributed by atoms with Crippen molar-refractivity contribution < 1.29 is 124 Å². The summed E-state index contributed by atoms with van der Waals surface area (Å²) < 4.78 is 49.3. The molecule has 4 rings (SSSR count). The second kappa shape index (κ2) is 21.5. The standard InChI is InChI=1S/C31H56O25/c1-9(36)15(38)21(44)28(48-3-2-32)54-26-12(5-34)51-29(23(46)19(26)42)50-8-14-17(40)18(41)22(45)30(53-14)56-27-13(6-35)52-31(24(47)20(27)43)55-25-11(4-33)49-7-10(37)16(25)39/h9-47H,2-8H2,1H3/t9-,10-,11?,12?,13?,14?,15?,16?,17-,18+,19?,20-,21+,22?,23+,24?,25-,26-,27-,28-,29+,30+,31-/m1/s1. The van der Waals surface area contributed by atoms with Crippen LogP contribution in [-0.4, -0.2) is 269 Å². The SMILES string of the molecule is C[C@@H](O)C(O)[C@H](O)[C@H](OCCO)O[C@@H]1C(CO)O[C@H](OCC2O[C@@H](O[C@@H]3C(CO)O[C@H](O[C@@H]4C(CO)OC[C@@H](O)C4O)C(O)[C@H]3O)C(O)[C@@H](O)[C@@H]2O)[C@@H](O)C1O. The number of hydrogen-bond donors (Lipinski definition) is 16. The van der Waals surface area contributed by atoms with E-state index >= 15 is 0 Å². The van der Waals surface area contributed by atoms with E-state index in [4.69, 9.17) is 47.7 Å². The molecule has 4 aliphatic heterocycles. The summed E-state index contributed by atoms with van der Waals surface area (Å²) in [6.07, 6.45) is -40.2. The van der Waals surface area contributed by atoms with E-state index in [0.717, 1.165) is 6.92 Å². The van der Waals surface area contributed by atoms with Crippen LogP contribution in [0.15, 0.2) is 0 Å². The minimum atomic E-state index is -2.03. The van der Waals surface area contributed by atoms with Gasteiger partial charge in [-0.1, -0.05) is 0 Å². The molecule has 4 heterocycles. The highest BCUT2D eigenvalue weighted by Gasteiger charge is 2.54. The molecule has 0 saturated carbocycles. The summed E-state index contributed by atoms with van der Waals surface area (Å²) in [5, 5.41) is 165. The van der Waals surface area contributed by atoms with E-state index in [9.17, 15) is 76.6 Å². The Balaban J connectivity index is 1.40. The zero-order valence-electron chi connectivity index (χ0n) is 30.1. The van der Waals surface area contributed by atoms with Gasteiger partial charge in [-0.15, -0.1) is 0 Å². The molecule has 4 saturated heterocycles. The van der Waals surface area contributed by atoms with Crippen molar-refractivity contribution in [2.45, 2.75) is 148 Å². The van der Waals surface area contributed by atoms with Crippen LogP contribution in [0.4, 0.5) is 0 Å². The Bertz CT molecular complexity index is 1140. The van der Waals surface area contributed by atoms with Gasteiger partial charge in [-0.25, -0.2) is 0 Å². The van der Waals surface area contributed by atoms with Crippen molar-refractivity contribution in [1.82, 2.24) is 0 Å².